The number of likely N-dealkylation sites (N-methyl/N-ethyl adjacent to an activating group) is 1. The number of alkyl halides is 3. The van der Waals surface area contributed by atoms with Crippen molar-refractivity contribution in [2.45, 2.75) is 82.0 Å². The Morgan fingerprint density at radius 2 is 1.90 bits per heavy atom. The number of benzene rings is 1. The Labute approximate surface area is 272 Å². The van der Waals surface area contributed by atoms with E-state index in [9.17, 15) is 22.4 Å². The number of hydrogen-bond donors (Lipinski definition) is 2. The van der Waals surface area contributed by atoms with Crippen LogP contribution >= 0.6 is 0 Å². The lowest BCUT2D eigenvalue weighted by molar-refractivity contribution is -0.139. The van der Waals surface area contributed by atoms with Gasteiger partial charge in [0.2, 0.25) is 11.8 Å². The number of rotatable bonds is 4. The molecule has 1 amide bonds. The van der Waals surface area contributed by atoms with Gasteiger partial charge in [0.1, 0.15) is 40.9 Å². The van der Waals surface area contributed by atoms with Crippen LogP contribution in [0.3, 0.4) is 0 Å². The Morgan fingerprint density at radius 3 is 2.67 bits per heavy atom. The lowest BCUT2D eigenvalue weighted by Crippen LogP contribution is -2.62. The lowest BCUT2D eigenvalue weighted by Gasteiger charge is -2.42. The van der Waals surface area contributed by atoms with Crippen molar-refractivity contribution in [2.24, 2.45) is 0 Å². The summed E-state index contributed by atoms with van der Waals surface area (Å²) < 4.78 is 87.3. The molecule has 5 aliphatic heterocycles. The van der Waals surface area contributed by atoms with Gasteiger partial charge in [-0.05, 0) is 51.2 Å². The quantitative estimate of drug-likeness (QED) is 0.314. The first-order valence-electron chi connectivity index (χ1n) is 16.2. The SMILES string of the molecule is Cc1c(F)c(N)cc(-c2nc3c4c(nc(OC[C@@H]5CC[C@H]6C(=O)N(C)CCN56)nc4c2F)N2C[C@H]4CC[C@H](N4)[C@H]2[C@H](C)O3)c1C(F)(F)F. The summed E-state index contributed by atoms with van der Waals surface area (Å²) in [4.78, 5) is 32.1. The zero-order valence-corrected chi connectivity index (χ0v) is 26.6. The Hall–Kier alpha value is -4.05. The summed E-state index contributed by atoms with van der Waals surface area (Å²) in [5.41, 5.74) is 1.24. The van der Waals surface area contributed by atoms with E-state index in [0.717, 1.165) is 25.8 Å². The van der Waals surface area contributed by atoms with E-state index >= 15 is 4.39 Å². The first kappa shape index (κ1) is 31.2. The van der Waals surface area contributed by atoms with E-state index in [1.165, 1.54) is 0 Å². The highest BCUT2D eigenvalue weighted by Crippen LogP contribution is 2.47. The summed E-state index contributed by atoms with van der Waals surface area (Å²) in [5, 5.41) is 3.72. The first-order valence-corrected chi connectivity index (χ1v) is 16.2. The number of carbonyl (C=O) groups excluding carboxylic acids is 1. The van der Waals surface area contributed by atoms with E-state index in [2.05, 4.69) is 20.2 Å². The summed E-state index contributed by atoms with van der Waals surface area (Å²) in [6.07, 6.45) is -2.40. The molecule has 4 saturated heterocycles. The van der Waals surface area contributed by atoms with E-state index in [-0.39, 0.29) is 65.5 Å². The molecule has 5 aliphatic rings. The van der Waals surface area contributed by atoms with Crippen molar-refractivity contribution in [3.8, 4) is 23.1 Å². The second-order valence-electron chi connectivity index (χ2n) is 13.5. The summed E-state index contributed by atoms with van der Waals surface area (Å²) >= 11 is 0. The van der Waals surface area contributed by atoms with Crippen molar-refractivity contribution in [3.63, 3.8) is 0 Å². The molecule has 256 valence electrons. The summed E-state index contributed by atoms with van der Waals surface area (Å²) in [6.45, 7) is 4.70. The summed E-state index contributed by atoms with van der Waals surface area (Å²) in [5.74, 6) is -2.17. The Bertz CT molecular complexity index is 1840. The van der Waals surface area contributed by atoms with Gasteiger partial charge in [0.15, 0.2) is 5.82 Å². The summed E-state index contributed by atoms with van der Waals surface area (Å²) in [6, 6.07) is 0.160. The van der Waals surface area contributed by atoms with Crippen LogP contribution in [0.15, 0.2) is 6.07 Å². The van der Waals surface area contributed by atoms with Crippen molar-refractivity contribution in [3.05, 3.63) is 28.8 Å². The smallest absolute Gasteiger partial charge is 0.417 e. The molecule has 11 nitrogen and oxygen atoms in total. The van der Waals surface area contributed by atoms with Gasteiger partial charge >= 0.3 is 12.2 Å². The number of hydrogen-bond acceptors (Lipinski definition) is 10. The number of fused-ring (bicyclic) bond motifs is 6. The van der Waals surface area contributed by atoms with Gasteiger partial charge in [-0.15, -0.1) is 0 Å². The second-order valence-corrected chi connectivity index (χ2v) is 13.5. The Morgan fingerprint density at radius 1 is 1.10 bits per heavy atom. The molecule has 3 N–H and O–H groups in total. The topological polar surface area (TPSA) is 122 Å². The molecule has 0 unspecified atom stereocenters. The van der Waals surface area contributed by atoms with Crippen molar-refractivity contribution in [1.29, 1.82) is 0 Å². The highest BCUT2D eigenvalue weighted by molar-refractivity contribution is 5.97. The molecule has 2 bridgehead atoms. The van der Waals surface area contributed by atoms with Gasteiger partial charge in [0, 0.05) is 50.4 Å². The van der Waals surface area contributed by atoms with E-state index in [1.807, 2.05) is 11.8 Å². The highest BCUT2D eigenvalue weighted by atomic mass is 19.4. The maximum absolute atomic E-state index is 16.8. The van der Waals surface area contributed by atoms with Crippen LogP contribution in [0.5, 0.6) is 11.9 Å². The third-order valence-electron chi connectivity index (χ3n) is 10.7. The van der Waals surface area contributed by atoms with E-state index in [0.29, 0.717) is 38.3 Å². The van der Waals surface area contributed by atoms with E-state index in [1.54, 1.807) is 11.9 Å². The molecule has 8 rings (SSSR count). The van der Waals surface area contributed by atoms with Crippen LogP contribution in [0, 0.1) is 18.6 Å². The van der Waals surface area contributed by atoms with Crippen molar-refractivity contribution in [2.75, 3.05) is 43.9 Å². The molecule has 16 heteroatoms. The normalized spacial score (nSPS) is 28.4. The minimum Gasteiger partial charge on any atom is -0.472 e. The average molecular weight is 675 g/mol. The molecule has 0 aliphatic carbocycles. The molecule has 2 aromatic heterocycles. The van der Waals surface area contributed by atoms with Gasteiger partial charge in [0.05, 0.1) is 23.3 Å². The number of pyridine rings is 1. The number of nitrogens with zero attached hydrogens (tertiary/aromatic N) is 6. The van der Waals surface area contributed by atoms with Gasteiger partial charge in [-0.3, -0.25) is 9.69 Å². The van der Waals surface area contributed by atoms with Crippen molar-refractivity contribution in [1.82, 2.24) is 30.1 Å². The zero-order valence-electron chi connectivity index (χ0n) is 26.6. The number of nitrogens with two attached hydrogens (primary N) is 1. The van der Waals surface area contributed by atoms with Gasteiger partial charge in [-0.1, -0.05) is 0 Å². The zero-order chi connectivity index (χ0) is 33.8. The minimum atomic E-state index is -5.06. The lowest BCUT2D eigenvalue weighted by atomic mass is 9.96. The summed E-state index contributed by atoms with van der Waals surface area (Å²) in [7, 11) is 1.78. The predicted octanol–water partition coefficient (Wildman–Crippen LogP) is 3.65. The fourth-order valence-electron chi connectivity index (χ4n) is 8.42. The van der Waals surface area contributed by atoms with Crippen LogP contribution in [0.25, 0.3) is 22.2 Å². The largest absolute Gasteiger partial charge is 0.472 e. The molecule has 1 aromatic carbocycles. The van der Waals surface area contributed by atoms with E-state index < -0.39 is 52.0 Å². The molecule has 0 saturated carbocycles. The maximum atomic E-state index is 16.8. The number of anilines is 2. The third-order valence-corrected chi connectivity index (χ3v) is 10.7. The number of halogens is 5. The number of nitrogen functional groups attached to an aromatic ring is 1. The van der Waals surface area contributed by atoms with Gasteiger partial charge in [-0.25, -0.2) is 13.8 Å². The Balaban J connectivity index is 1.28. The second kappa shape index (κ2) is 11.0. The molecular weight excluding hydrogens is 639 g/mol. The average Bonchev–Trinajstić information content (AvgIpc) is 3.60. The van der Waals surface area contributed by atoms with Crippen molar-refractivity contribution >= 4 is 28.3 Å². The van der Waals surface area contributed by atoms with Crippen LogP contribution in [0.4, 0.5) is 33.5 Å². The minimum absolute atomic E-state index is 0.0216. The molecule has 0 radical (unpaired) electrons. The van der Waals surface area contributed by atoms with Crippen molar-refractivity contribution < 1.29 is 36.2 Å². The Kier molecular flexibility index (Phi) is 7.15. The van der Waals surface area contributed by atoms with Gasteiger partial charge in [0.25, 0.3) is 0 Å². The van der Waals surface area contributed by atoms with Crippen LogP contribution in [-0.4, -0.2) is 100 Å². The molecule has 6 atom stereocenters. The third kappa shape index (κ3) is 4.73. The molecule has 7 heterocycles. The molecule has 0 spiro atoms. The number of carbonyl (C=O) groups is 1. The number of ether oxygens (including phenoxy) is 2. The monoisotopic (exact) mass is 674 g/mol. The maximum Gasteiger partial charge on any atom is 0.417 e. The first-order chi connectivity index (χ1) is 22.8. The van der Waals surface area contributed by atoms with Gasteiger partial charge < -0.3 is 30.3 Å². The fourth-order valence-corrected chi connectivity index (χ4v) is 8.42. The standard InChI is InChI=1S/C32H35F5N8O3/c1-13-22(32(35,36)37)17(10-18(38)23(13)33)25-24(34)26-21-28(45-11-15-4-6-19(39-15)27(45)14(2)48-29(21)40-25)42-31(41-26)47-12-16-5-7-20-30(46)43(3)8-9-44(16)20/h10,14-16,19-20,27,39H,4-9,11-12,38H2,1-3H3/t14-,15+,16-,19-,20-,27+/m0/s1. The fraction of sp³-hybridized carbons (Fsp3) is 0.562. The van der Waals surface area contributed by atoms with Gasteiger partial charge in [-0.2, -0.15) is 23.1 Å². The number of aromatic nitrogens is 3. The predicted molar refractivity (Wildman–Crippen MR) is 165 cm³/mol. The number of piperazine rings is 2. The molecule has 4 fully saturated rings. The number of amides is 1. The van der Waals surface area contributed by atoms with E-state index in [4.69, 9.17) is 20.2 Å². The van der Waals surface area contributed by atoms with Crippen LogP contribution in [0.1, 0.15) is 43.7 Å². The van der Waals surface area contributed by atoms with Crippen LogP contribution in [0.2, 0.25) is 0 Å². The molecular formula is C32H35F5N8O3. The van der Waals surface area contributed by atoms with Crippen LogP contribution < -0.4 is 25.4 Å². The molecule has 48 heavy (non-hydrogen) atoms. The molecule has 3 aromatic rings. The highest BCUT2D eigenvalue weighted by Gasteiger charge is 2.48. The number of nitrogens with one attached hydrogen (secondary N) is 1. The van der Waals surface area contributed by atoms with Crippen LogP contribution in [-0.2, 0) is 11.0 Å².